The van der Waals surface area contributed by atoms with Crippen LogP contribution in [0.1, 0.15) is 31.4 Å². The summed E-state index contributed by atoms with van der Waals surface area (Å²) >= 11 is 6.21. The lowest BCUT2D eigenvalue weighted by atomic mass is 9.91. The third-order valence-corrected chi connectivity index (χ3v) is 3.83. The molecule has 0 amide bonds. The molecule has 0 saturated heterocycles. The van der Waals surface area contributed by atoms with E-state index in [1.807, 2.05) is 18.2 Å². The average Bonchev–Trinajstić information content (AvgIpc) is 3.10. The van der Waals surface area contributed by atoms with Crippen LogP contribution in [0, 0.1) is 11.8 Å². The fraction of sp³-hybridized carbons (Fsp3) is 0.538. The Kier molecular flexibility index (Phi) is 3.41. The molecule has 0 aliphatic heterocycles. The number of hydrogen-bond donors (Lipinski definition) is 1. The highest BCUT2D eigenvalue weighted by Crippen LogP contribution is 2.43. The van der Waals surface area contributed by atoms with Gasteiger partial charge in [-0.2, -0.15) is 0 Å². The number of methoxy groups -OCH3 is 1. The standard InChI is InChI=1S/C13H18ClNO/c1-8(9-3-4-9)13(15)11-6-5-10(16-2)7-12(11)14/h5-9,13H,3-4,15H2,1-2H3. The van der Waals surface area contributed by atoms with Gasteiger partial charge in [-0.3, -0.25) is 0 Å². The molecule has 1 aliphatic rings. The van der Waals surface area contributed by atoms with Crippen LogP contribution in [-0.2, 0) is 0 Å². The molecule has 1 saturated carbocycles. The van der Waals surface area contributed by atoms with Gasteiger partial charge in [-0.1, -0.05) is 24.6 Å². The number of benzene rings is 1. The van der Waals surface area contributed by atoms with Crippen molar-refractivity contribution in [2.75, 3.05) is 7.11 Å². The van der Waals surface area contributed by atoms with Crippen molar-refractivity contribution in [3.05, 3.63) is 28.8 Å². The lowest BCUT2D eigenvalue weighted by Crippen LogP contribution is -2.20. The van der Waals surface area contributed by atoms with Gasteiger partial charge in [0.1, 0.15) is 5.75 Å². The fourth-order valence-electron chi connectivity index (χ4n) is 2.10. The zero-order chi connectivity index (χ0) is 11.7. The Morgan fingerprint density at radius 1 is 1.44 bits per heavy atom. The van der Waals surface area contributed by atoms with Gasteiger partial charge in [-0.05, 0) is 42.4 Å². The average molecular weight is 240 g/mol. The topological polar surface area (TPSA) is 35.2 Å². The first-order valence-electron chi connectivity index (χ1n) is 5.72. The highest BCUT2D eigenvalue weighted by Gasteiger charge is 2.32. The predicted octanol–water partition coefficient (Wildman–Crippen LogP) is 3.39. The minimum atomic E-state index is 0.0332. The third-order valence-electron chi connectivity index (χ3n) is 3.50. The summed E-state index contributed by atoms with van der Waals surface area (Å²) in [5.41, 5.74) is 7.28. The molecule has 2 atom stereocenters. The molecule has 2 unspecified atom stereocenters. The van der Waals surface area contributed by atoms with Gasteiger partial charge in [0.15, 0.2) is 0 Å². The van der Waals surface area contributed by atoms with Crippen LogP contribution in [0.3, 0.4) is 0 Å². The maximum Gasteiger partial charge on any atom is 0.120 e. The first-order chi connectivity index (χ1) is 7.63. The van der Waals surface area contributed by atoms with Crippen molar-refractivity contribution in [1.82, 2.24) is 0 Å². The Hall–Kier alpha value is -0.730. The van der Waals surface area contributed by atoms with Crippen LogP contribution in [0.4, 0.5) is 0 Å². The first-order valence-corrected chi connectivity index (χ1v) is 6.10. The van der Waals surface area contributed by atoms with E-state index < -0.39 is 0 Å². The second-order valence-corrected chi connectivity index (χ2v) is 5.02. The molecular formula is C13H18ClNO. The van der Waals surface area contributed by atoms with Crippen LogP contribution in [-0.4, -0.2) is 7.11 Å². The minimum absolute atomic E-state index is 0.0332. The van der Waals surface area contributed by atoms with Crippen molar-refractivity contribution in [3.63, 3.8) is 0 Å². The van der Waals surface area contributed by atoms with E-state index in [1.165, 1.54) is 12.8 Å². The van der Waals surface area contributed by atoms with Gasteiger partial charge in [-0.25, -0.2) is 0 Å². The maximum atomic E-state index is 6.25. The normalized spacial score (nSPS) is 19.2. The quantitative estimate of drug-likeness (QED) is 0.874. The van der Waals surface area contributed by atoms with Crippen LogP contribution in [0.2, 0.25) is 5.02 Å². The van der Waals surface area contributed by atoms with Crippen molar-refractivity contribution in [2.45, 2.75) is 25.8 Å². The summed E-state index contributed by atoms with van der Waals surface area (Å²) in [6, 6.07) is 5.76. The number of nitrogens with two attached hydrogens (primary N) is 1. The van der Waals surface area contributed by atoms with Crippen molar-refractivity contribution >= 4 is 11.6 Å². The second-order valence-electron chi connectivity index (χ2n) is 4.61. The molecule has 0 aromatic heterocycles. The molecule has 2 rings (SSSR count). The van der Waals surface area contributed by atoms with Crippen LogP contribution in [0.5, 0.6) is 5.75 Å². The van der Waals surface area contributed by atoms with E-state index in [9.17, 15) is 0 Å². The van der Waals surface area contributed by atoms with E-state index in [2.05, 4.69) is 6.92 Å². The first kappa shape index (κ1) is 11.7. The number of ether oxygens (including phenoxy) is 1. The molecule has 1 aromatic rings. The lowest BCUT2D eigenvalue weighted by Gasteiger charge is -2.21. The summed E-state index contributed by atoms with van der Waals surface area (Å²) < 4.78 is 5.12. The van der Waals surface area contributed by atoms with Gasteiger partial charge < -0.3 is 10.5 Å². The fourth-order valence-corrected chi connectivity index (χ4v) is 2.40. The molecule has 0 radical (unpaired) electrons. The third kappa shape index (κ3) is 2.33. The van der Waals surface area contributed by atoms with Gasteiger partial charge in [0, 0.05) is 11.1 Å². The van der Waals surface area contributed by atoms with Gasteiger partial charge in [0.05, 0.1) is 7.11 Å². The molecule has 1 aliphatic carbocycles. The van der Waals surface area contributed by atoms with Gasteiger partial charge in [0.25, 0.3) is 0 Å². The SMILES string of the molecule is COc1ccc(C(N)C(C)C2CC2)c(Cl)c1. The Morgan fingerprint density at radius 2 is 2.12 bits per heavy atom. The van der Waals surface area contributed by atoms with Crippen LogP contribution in [0.25, 0.3) is 0 Å². The van der Waals surface area contributed by atoms with Gasteiger partial charge in [-0.15, -0.1) is 0 Å². The van der Waals surface area contributed by atoms with E-state index in [0.717, 1.165) is 17.2 Å². The number of rotatable bonds is 4. The molecule has 16 heavy (non-hydrogen) atoms. The zero-order valence-electron chi connectivity index (χ0n) is 9.74. The Bertz CT molecular complexity index is 376. The number of hydrogen-bond acceptors (Lipinski definition) is 2. The van der Waals surface area contributed by atoms with E-state index in [-0.39, 0.29) is 6.04 Å². The van der Waals surface area contributed by atoms with E-state index in [0.29, 0.717) is 10.9 Å². The van der Waals surface area contributed by atoms with Crippen molar-refractivity contribution < 1.29 is 4.74 Å². The smallest absolute Gasteiger partial charge is 0.120 e. The van der Waals surface area contributed by atoms with E-state index in [1.54, 1.807) is 7.11 Å². The maximum absolute atomic E-state index is 6.25. The molecule has 0 heterocycles. The summed E-state index contributed by atoms with van der Waals surface area (Å²) in [5.74, 6) is 2.07. The summed E-state index contributed by atoms with van der Waals surface area (Å²) in [4.78, 5) is 0. The Labute approximate surface area is 102 Å². The molecule has 2 N–H and O–H groups in total. The monoisotopic (exact) mass is 239 g/mol. The van der Waals surface area contributed by atoms with Gasteiger partial charge in [0.2, 0.25) is 0 Å². The highest BCUT2D eigenvalue weighted by atomic mass is 35.5. The highest BCUT2D eigenvalue weighted by molar-refractivity contribution is 6.31. The Balaban J connectivity index is 2.18. The molecule has 3 heteroatoms. The Morgan fingerprint density at radius 3 is 2.62 bits per heavy atom. The molecule has 0 spiro atoms. The molecular weight excluding hydrogens is 222 g/mol. The van der Waals surface area contributed by atoms with Crippen LogP contribution in [0.15, 0.2) is 18.2 Å². The van der Waals surface area contributed by atoms with E-state index >= 15 is 0 Å². The summed E-state index contributed by atoms with van der Waals surface area (Å²) in [5, 5.41) is 0.708. The molecule has 2 nitrogen and oxygen atoms in total. The molecule has 88 valence electrons. The predicted molar refractivity (Wildman–Crippen MR) is 66.8 cm³/mol. The molecule has 1 fully saturated rings. The van der Waals surface area contributed by atoms with Crippen molar-refractivity contribution in [2.24, 2.45) is 17.6 Å². The van der Waals surface area contributed by atoms with E-state index in [4.69, 9.17) is 22.1 Å². The molecule has 0 bridgehead atoms. The second kappa shape index (κ2) is 4.64. The zero-order valence-corrected chi connectivity index (χ0v) is 10.5. The molecule has 1 aromatic carbocycles. The van der Waals surface area contributed by atoms with Crippen molar-refractivity contribution in [3.8, 4) is 5.75 Å². The van der Waals surface area contributed by atoms with Gasteiger partial charge >= 0.3 is 0 Å². The van der Waals surface area contributed by atoms with Crippen LogP contribution >= 0.6 is 11.6 Å². The summed E-state index contributed by atoms with van der Waals surface area (Å²) in [7, 11) is 1.64. The van der Waals surface area contributed by atoms with Crippen LogP contribution < -0.4 is 10.5 Å². The minimum Gasteiger partial charge on any atom is -0.497 e. The summed E-state index contributed by atoms with van der Waals surface area (Å²) in [6.45, 7) is 2.21. The lowest BCUT2D eigenvalue weighted by molar-refractivity contribution is 0.408. The summed E-state index contributed by atoms with van der Waals surface area (Å²) in [6.07, 6.45) is 2.62. The van der Waals surface area contributed by atoms with Crippen molar-refractivity contribution in [1.29, 1.82) is 0 Å². The largest absolute Gasteiger partial charge is 0.497 e. The number of halogens is 1.